The monoisotopic (exact) mass is 389 g/mol. The normalized spacial score (nSPS) is 18.2. The third kappa shape index (κ3) is 3.15. The van der Waals surface area contributed by atoms with Crippen LogP contribution in [0, 0.1) is 20.8 Å². The Hall–Kier alpha value is -3.25. The summed E-state index contributed by atoms with van der Waals surface area (Å²) in [7, 11) is 0. The van der Waals surface area contributed by atoms with Crippen LogP contribution in [0.2, 0.25) is 0 Å². The third-order valence-corrected chi connectivity index (χ3v) is 5.52. The Morgan fingerprint density at radius 1 is 1.10 bits per heavy atom. The first-order valence-electron chi connectivity index (χ1n) is 9.55. The summed E-state index contributed by atoms with van der Waals surface area (Å²) in [6.07, 6.45) is -0.325. The lowest BCUT2D eigenvalue weighted by Crippen LogP contribution is -2.41. The van der Waals surface area contributed by atoms with Gasteiger partial charge in [-0.1, -0.05) is 48.0 Å². The van der Waals surface area contributed by atoms with Gasteiger partial charge in [0.25, 0.3) is 5.91 Å². The number of hydrogen-bond donors (Lipinski definition) is 2. The van der Waals surface area contributed by atoms with Crippen LogP contribution in [0.3, 0.4) is 0 Å². The number of nitrogens with one attached hydrogen (secondary N) is 1. The van der Waals surface area contributed by atoms with Gasteiger partial charge in [-0.3, -0.25) is 14.7 Å². The molecule has 1 aliphatic rings. The van der Waals surface area contributed by atoms with E-state index in [2.05, 4.69) is 10.2 Å². The zero-order chi connectivity index (χ0) is 20.8. The molecule has 2 aromatic carbocycles. The van der Waals surface area contributed by atoms with Crippen molar-refractivity contribution in [1.82, 2.24) is 10.2 Å². The van der Waals surface area contributed by atoms with Crippen molar-refractivity contribution in [2.45, 2.75) is 39.3 Å². The maximum absolute atomic E-state index is 13.3. The van der Waals surface area contributed by atoms with Gasteiger partial charge in [0.1, 0.15) is 0 Å². The minimum atomic E-state index is -1.89. The molecule has 4 rings (SSSR count). The molecule has 0 bridgehead atoms. The fraction of sp³-hybridized carbons (Fsp3) is 0.261. The molecule has 1 aromatic heterocycles. The van der Waals surface area contributed by atoms with Gasteiger partial charge in [-0.15, -0.1) is 0 Å². The Kier molecular flexibility index (Phi) is 4.59. The second-order valence-corrected chi connectivity index (χ2v) is 7.66. The number of aryl methyl sites for hydroxylation is 3. The highest BCUT2D eigenvalue weighted by Gasteiger charge is 2.51. The summed E-state index contributed by atoms with van der Waals surface area (Å²) < 4.78 is 0. The van der Waals surface area contributed by atoms with Gasteiger partial charge < -0.3 is 10.0 Å². The molecule has 1 atom stereocenters. The van der Waals surface area contributed by atoms with E-state index >= 15 is 0 Å². The molecular formula is C23H23N3O3. The summed E-state index contributed by atoms with van der Waals surface area (Å²) in [6, 6.07) is 15.0. The molecule has 0 radical (unpaired) electrons. The van der Waals surface area contributed by atoms with Crippen LogP contribution in [0.25, 0.3) is 0 Å². The predicted molar refractivity (Wildman–Crippen MR) is 110 cm³/mol. The number of nitrogens with zero attached hydrogens (tertiary/aromatic N) is 2. The average molecular weight is 389 g/mol. The van der Waals surface area contributed by atoms with Gasteiger partial charge in [0.2, 0.25) is 0 Å². The zero-order valence-corrected chi connectivity index (χ0v) is 16.7. The van der Waals surface area contributed by atoms with E-state index in [1.165, 1.54) is 0 Å². The van der Waals surface area contributed by atoms with E-state index in [0.29, 0.717) is 34.7 Å². The Balaban J connectivity index is 1.69. The number of fused-ring (bicyclic) bond motifs is 1. The fourth-order valence-electron chi connectivity index (χ4n) is 3.99. The maximum atomic E-state index is 13.3. The minimum absolute atomic E-state index is 0.309. The number of benzene rings is 2. The highest BCUT2D eigenvalue weighted by molar-refractivity contribution is 6.11. The van der Waals surface area contributed by atoms with Crippen molar-refractivity contribution in [3.8, 4) is 0 Å². The predicted octanol–water partition coefficient (Wildman–Crippen LogP) is 3.34. The molecule has 6 heteroatoms. The molecule has 6 nitrogen and oxygen atoms in total. The summed E-state index contributed by atoms with van der Waals surface area (Å²) in [4.78, 5) is 27.9. The lowest BCUT2D eigenvalue weighted by molar-refractivity contribution is -0.136. The summed E-state index contributed by atoms with van der Waals surface area (Å²) in [5.41, 5.74) is 2.91. The fourth-order valence-corrected chi connectivity index (χ4v) is 3.99. The van der Waals surface area contributed by atoms with E-state index in [1.807, 2.05) is 37.3 Å². The number of aliphatic hydroxyl groups is 1. The number of rotatable bonds is 5. The van der Waals surface area contributed by atoms with Crippen LogP contribution in [0.4, 0.5) is 5.69 Å². The number of Topliss-reactive ketones (excluding diaryl/α,β-unsaturated/α-hetero) is 1. The second-order valence-electron chi connectivity index (χ2n) is 7.66. The number of para-hydroxylation sites is 1. The molecule has 0 spiro atoms. The van der Waals surface area contributed by atoms with Gasteiger partial charge in [0.15, 0.2) is 11.4 Å². The van der Waals surface area contributed by atoms with Crippen molar-refractivity contribution in [2.24, 2.45) is 0 Å². The summed E-state index contributed by atoms with van der Waals surface area (Å²) >= 11 is 0. The first-order valence-corrected chi connectivity index (χ1v) is 9.55. The molecule has 2 N–H and O–H groups in total. The Bertz CT molecular complexity index is 1080. The van der Waals surface area contributed by atoms with Crippen molar-refractivity contribution in [3.63, 3.8) is 0 Å². The number of anilines is 1. The summed E-state index contributed by atoms with van der Waals surface area (Å²) in [5.74, 6) is -0.789. The Labute approximate surface area is 169 Å². The van der Waals surface area contributed by atoms with E-state index in [4.69, 9.17) is 0 Å². The van der Waals surface area contributed by atoms with Gasteiger partial charge in [-0.05, 0) is 32.4 Å². The lowest BCUT2D eigenvalue weighted by atomic mass is 9.87. The van der Waals surface area contributed by atoms with E-state index in [9.17, 15) is 14.7 Å². The largest absolute Gasteiger partial charge is 0.375 e. The molecule has 0 fully saturated rings. The van der Waals surface area contributed by atoms with E-state index < -0.39 is 11.5 Å². The molecular weight excluding hydrogens is 366 g/mol. The zero-order valence-electron chi connectivity index (χ0n) is 16.7. The molecule has 0 unspecified atom stereocenters. The van der Waals surface area contributed by atoms with Crippen LogP contribution >= 0.6 is 0 Å². The number of amides is 1. The van der Waals surface area contributed by atoms with Crippen LogP contribution < -0.4 is 4.90 Å². The molecule has 29 heavy (non-hydrogen) atoms. The molecule has 3 aromatic rings. The number of hydrogen-bond acceptors (Lipinski definition) is 4. The molecule has 1 aliphatic heterocycles. The second kappa shape index (κ2) is 6.97. The standard InChI is InChI=1S/C23H23N3O3/c1-14-8-10-17(11-9-14)13-26-19-7-5-4-6-18(19)23(29,22(26)28)12-20(27)21-15(2)24-25-16(21)3/h4-11,29H,12-13H2,1-3H3,(H,24,25)/t23-/m0/s1. The molecule has 0 saturated heterocycles. The van der Waals surface area contributed by atoms with Crippen LogP contribution in [-0.2, 0) is 16.9 Å². The Morgan fingerprint density at radius 3 is 2.45 bits per heavy atom. The van der Waals surface area contributed by atoms with Gasteiger partial charge in [0.05, 0.1) is 29.9 Å². The van der Waals surface area contributed by atoms with Crippen LogP contribution in [0.1, 0.15) is 44.9 Å². The molecule has 148 valence electrons. The van der Waals surface area contributed by atoms with Crippen LogP contribution in [0.15, 0.2) is 48.5 Å². The molecule has 1 amide bonds. The highest BCUT2D eigenvalue weighted by Crippen LogP contribution is 2.43. The molecule has 2 heterocycles. The van der Waals surface area contributed by atoms with E-state index in [0.717, 1.165) is 11.1 Å². The highest BCUT2D eigenvalue weighted by atomic mass is 16.3. The summed E-state index contributed by atoms with van der Waals surface area (Å²) in [6.45, 7) is 5.82. The van der Waals surface area contributed by atoms with Crippen LogP contribution in [-0.4, -0.2) is 27.0 Å². The van der Waals surface area contributed by atoms with E-state index in [1.54, 1.807) is 36.9 Å². The van der Waals surface area contributed by atoms with E-state index in [-0.39, 0.29) is 12.2 Å². The van der Waals surface area contributed by atoms with Gasteiger partial charge >= 0.3 is 0 Å². The molecule has 0 saturated carbocycles. The minimum Gasteiger partial charge on any atom is -0.375 e. The number of carbonyl (C=O) groups excluding carboxylic acids is 2. The first-order chi connectivity index (χ1) is 13.8. The van der Waals surface area contributed by atoms with Crippen molar-refractivity contribution >= 4 is 17.4 Å². The number of H-pyrrole nitrogens is 1. The lowest BCUT2D eigenvalue weighted by Gasteiger charge is -2.23. The maximum Gasteiger partial charge on any atom is 0.264 e. The van der Waals surface area contributed by atoms with Crippen molar-refractivity contribution in [2.75, 3.05) is 4.90 Å². The summed E-state index contributed by atoms with van der Waals surface area (Å²) in [5, 5.41) is 18.2. The first kappa shape index (κ1) is 19.1. The van der Waals surface area contributed by atoms with Crippen molar-refractivity contribution < 1.29 is 14.7 Å². The van der Waals surface area contributed by atoms with Crippen LogP contribution in [0.5, 0.6) is 0 Å². The number of aromatic amines is 1. The van der Waals surface area contributed by atoms with Gasteiger partial charge in [-0.25, -0.2) is 0 Å². The number of aromatic nitrogens is 2. The van der Waals surface area contributed by atoms with Gasteiger partial charge in [0, 0.05) is 11.3 Å². The number of carbonyl (C=O) groups is 2. The topological polar surface area (TPSA) is 86.3 Å². The quantitative estimate of drug-likeness (QED) is 0.655. The smallest absolute Gasteiger partial charge is 0.264 e. The van der Waals surface area contributed by atoms with Crippen molar-refractivity contribution in [1.29, 1.82) is 0 Å². The molecule has 0 aliphatic carbocycles. The third-order valence-electron chi connectivity index (χ3n) is 5.52. The van der Waals surface area contributed by atoms with Crippen molar-refractivity contribution in [3.05, 3.63) is 82.2 Å². The van der Waals surface area contributed by atoms with Gasteiger partial charge in [-0.2, -0.15) is 5.10 Å². The average Bonchev–Trinajstić information content (AvgIpc) is 3.14. The number of ketones is 1. The Morgan fingerprint density at radius 2 is 1.79 bits per heavy atom. The SMILES string of the molecule is Cc1ccc(CN2C(=O)[C@](O)(CC(=O)c3c(C)n[nH]c3C)c3ccccc32)cc1.